The van der Waals surface area contributed by atoms with Gasteiger partial charge in [-0.3, -0.25) is 4.79 Å². The maximum absolute atomic E-state index is 12.9. The number of nitrogens with zero attached hydrogens (tertiary/aromatic N) is 1. The molecule has 1 N–H and O–H groups in total. The van der Waals surface area contributed by atoms with Crippen molar-refractivity contribution in [2.24, 2.45) is 5.92 Å². The van der Waals surface area contributed by atoms with Crippen molar-refractivity contribution >= 4 is 21.9 Å². The van der Waals surface area contributed by atoms with E-state index in [2.05, 4.69) is 10.1 Å². The molecule has 0 unspecified atom stereocenters. The molecule has 8 nitrogen and oxygen atoms in total. The lowest BCUT2D eigenvalue weighted by Crippen LogP contribution is -2.42. The minimum atomic E-state index is -3.75. The minimum absolute atomic E-state index is 0.0363. The van der Waals surface area contributed by atoms with Crippen molar-refractivity contribution in [1.82, 2.24) is 9.62 Å². The van der Waals surface area contributed by atoms with Gasteiger partial charge in [0.2, 0.25) is 15.9 Å². The number of hydrogen-bond acceptors (Lipinski definition) is 6. The third kappa shape index (κ3) is 6.51. The van der Waals surface area contributed by atoms with Gasteiger partial charge in [0.1, 0.15) is 5.75 Å². The molecule has 1 amide bonds. The average Bonchev–Trinajstić information content (AvgIpc) is 2.83. The standard InChI is InChI=1S/C23H26F2N2O6S/c1-2-32-22(29)18-5-9-20(10-6-18)34(30,31)27-13-11-17(12-14-27)21(28)26-15-16-3-7-19(8-4-16)33-23(24)25/h3-10,17,23H,2,11-15H2,1H3,(H,26,28). The zero-order valence-electron chi connectivity index (χ0n) is 18.6. The van der Waals surface area contributed by atoms with E-state index in [0.717, 1.165) is 5.56 Å². The van der Waals surface area contributed by atoms with E-state index in [1.165, 1.54) is 40.7 Å². The Morgan fingerprint density at radius 1 is 1.06 bits per heavy atom. The van der Waals surface area contributed by atoms with E-state index in [9.17, 15) is 26.8 Å². The summed E-state index contributed by atoms with van der Waals surface area (Å²) in [6.07, 6.45) is 0.736. The first-order chi connectivity index (χ1) is 16.2. The summed E-state index contributed by atoms with van der Waals surface area (Å²) in [6.45, 7) is -0.376. The van der Waals surface area contributed by atoms with Crippen molar-refractivity contribution in [2.45, 2.75) is 37.8 Å². The number of amides is 1. The van der Waals surface area contributed by atoms with E-state index in [0.29, 0.717) is 12.8 Å². The zero-order valence-corrected chi connectivity index (χ0v) is 19.4. The molecule has 0 aliphatic carbocycles. The molecule has 34 heavy (non-hydrogen) atoms. The number of benzene rings is 2. The van der Waals surface area contributed by atoms with Crippen molar-refractivity contribution in [3.05, 3.63) is 59.7 Å². The maximum atomic E-state index is 12.9. The molecular weight excluding hydrogens is 470 g/mol. The van der Waals surface area contributed by atoms with E-state index >= 15 is 0 Å². The molecule has 0 atom stereocenters. The molecule has 0 spiro atoms. The van der Waals surface area contributed by atoms with Crippen LogP contribution in [-0.4, -0.2) is 50.9 Å². The first-order valence-electron chi connectivity index (χ1n) is 10.8. The summed E-state index contributed by atoms with van der Waals surface area (Å²) in [7, 11) is -3.75. The summed E-state index contributed by atoms with van der Waals surface area (Å²) in [5.41, 5.74) is 0.994. The first kappa shape index (κ1) is 25.6. The summed E-state index contributed by atoms with van der Waals surface area (Å²) < 4.78 is 60.8. The Morgan fingerprint density at radius 2 is 1.68 bits per heavy atom. The minimum Gasteiger partial charge on any atom is -0.462 e. The van der Waals surface area contributed by atoms with Gasteiger partial charge in [-0.15, -0.1) is 0 Å². The van der Waals surface area contributed by atoms with Crippen molar-refractivity contribution in [1.29, 1.82) is 0 Å². The first-order valence-corrected chi connectivity index (χ1v) is 12.2. The lowest BCUT2D eigenvalue weighted by molar-refractivity contribution is -0.126. The topological polar surface area (TPSA) is 102 Å². The van der Waals surface area contributed by atoms with Crippen molar-refractivity contribution < 1.29 is 36.3 Å². The predicted molar refractivity (Wildman–Crippen MR) is 119 cm³/mol. The van der Waals surface area contributed by atoms with Crippen LogP contribution in [-0.2, 0) is 26.1 Å². The van der Waals surface area contributed by atoms with Gasteiger partial charge in [0.25, 0.3) is 0 Å². The summed E-state index contributed by atoms with van der Waals surface area (Å²) in [4.78, 5) is 24.3. The predicted octanol–water partition coefficient (Wildman–Crippen LogP) is 3.18. The monoisotopic (exact) mass is 496 g/mol. The van der Waals surface area contributed by atoms with Crippen LogP contribution in [0.4, 0.5) is 8.78 Å². The number of ether oxygens (including phenoxy) is 2. The van der Waals surface area contributed by atoms with Crippen LogP contribution in [0.15, 0.2) is 53.4 Å². The number of esters is 1. The van der Waals surface area contributed by atoms with Crippen LogP contribution >= 0.6 is 0 Å². The number of nitrogens with one attached hydrogen (secondary N) is 1. The molecule has 0 bridgehead atoms. The van der Waals surface area contributed by atoms with Gasteiger partial charge < -0.3 is 14.8 Å². The summed E-state index contributed by atoms with van der Waals surface area (Å²) in [5, 5.41) is 2.80. The number of carbonyl (C=O) groups excluding carboxylic acids is 2. The van der Waals surface area contributed by atoms with Crippen LogP contribution in [0, 0.1) is 5.92 Å². The summed E-state index contributed by atoms with van der Waals surface area (Å²) >= 11 is 0. The largest absolute Gasteiger partial charge is 0.462 e. The van der Waals surface area contributed by atoms with E-state index < -0.39 is 22.6 Å². The Morgan fingerprint density at radius 3 is 2.24 bits per heavy atom. The number of piperidine rings is 1. The van der Waals surface area contributed by atoms with E-state index in [4.69, 9.17) is 4.74 Å². The molecule has 1 aliphatic heterocycles. The fourth-order valence-corrected chi connectivity index (χ4v) is 5.08. The highest BCUT2D eigenvalue weighted by Gasteiger charge is 2.32. The smallest absolute Gasteiger partial charge is 0.387 e. The molecule has 11 heteroatoms. The van der Waals surface area contributed by atoms with E-state index in [-0.39, 0.29) is 54.3 Å². The average molecular weight is 497 g/mol. The molecule has 0 saturated carbocycles. The highest BCUT2D eigenvalue weighted by atomic mass is 32.2. The fourth-order valence-electron chi connectivity index (χ4n) is 3.61. The maximum Gasteiger partial charge on any atom is 0.387 e. The van der Waals surface area contributed by atoms with Crippen LogP contribution in [0.5, 0.6) is 5.75 Å². The molecular formula is C23H26F2N2O6S. The molecule has 1 heterocycles. The van der Waals surface area contributed by atoms with Gasteiger partial charge in [-0.05, 0) is 61.7 Å². The second-order valence-electron chi connectivity index (χ2n) is 7.66. The SMILES string of the molecule is CCOC(=O)c1ccc(S(=O)(=O)N2CCC(C(=O)NCc3ccc(OC(F)F)cc3)CC2)cc1. The van der Waals surface area contributed by atoms with Gasteiger partial charge in [-0.1, -0.05) is 12.1 Å². The van der Waals surface area contributed by atoms with Gasteiger partial charge >= 0.3 is 12.6 Å². The Bertz CT molecular complexity index is 1080. The second-order valence-corrected chi connectivity index (χ2v) is 9.60. The summed E-state index contributed by atoms with van der Waals surface area (Å²) in [6, 6.07) is 11.5. The molecule has 3 rings (SSSR count). The van der Waals surface area contributed by atoms with Crippen LogP contribution in [0.25, 0.3) is 0 Å². The number of rotatable bonds is 9. The second kappa shape index (κ2) is 11.4. The quantitative estimate of drug-likeness (QED) is 0.535. The molecule has 0 aromatic heterocycles. The van der Waals surface area contributed by atoms with Gasteiger partial charge in [0.05, 0.1) is 17.1 Å². The van der Waals surface area contributed by atoms with Crippen LogP contribution in [0.3, 0.4) is 0 Å². The normalized spacial score (nSPS) is 15.2. The van der Waals surface area contributed by atoms with E-state index in [1.54, 1.807) is 19.1 Å². The molecule has 2 aromatic rings. The third-order valence-electron chi connectivity index (χ3n) is 5.44. The Hall–Kier alpha value is -3.05. The molecule has 1 aliphatic rings. The molecule has 184 valence electrons. The number of hydrogen-bond donors (Lipinski definition) is 1. The zero-order chi connectivity index (χ0) is 24.7. The van der Waals surface area contributed by atoms with Gasteiger partial charge in [-0.2, -0.15) is 13.1 Å². The lowest BCUT2D eigenvalue weighted by atomic mass is 9.97. The van der Waals surface area contributed by atoms with Gasteiger partial charge in [0.15, 0.2) is 0 Å². The highest BCUT2D eigenvalue weighted by Crippen LogP contribution is 2.24. The van der Waals surface area contributed by atoms with Crippen molar-refractivity contribution in [3.8, 4) is 5.75 Å². The molecule has 1 fully saturated rings. The Kier molecular flexibility index (Phi) is 8.56. The third-order valence-corrected chi connectivity index (χ3v) is 7.36. The Balaban J connectivity index is 1.51. The fraction of sp³-hybridized carbons (Fsp3) is 0.391. The molecule has 0 radical (unpaired) electrons. The van der Waals surface area contributed by atoms with Crippen molar-refractivity contribution in [2.75, 3.05) is 19.7 Å². The summed E-state index contributed by atoms with van der Waals surface area (Å²) in [5.74, 6) is -1.01. The van der Waals surface area contributed by atoms with Gasteiger partial charge in [0, 0.05) is 25.6 Å². The Labute approximate surface area is 196 Å². The van der Waals surface area contributed by atoms with Crippen LogP contribution in [0.2, 0.25) is 0 Å². The van der Waals surface area contributed by atoms with Crippen LogP contribution < -0.4 is 10.1 Å². The van der Waals surface area contributed by atoms with Gasteiger partial charge in [-0.25, -0.2) is 13.2 Å². The number of carbonyl (C=O) groups is 2. The van der Waals surface area contributed by atoms with E-state index in [1.807, 2.05) is 0 Å². The van der Waals surface area contributed by atoms with Crippen molar-refractivity contribution in [3.63, 3.8) is 0 Å². The molecule has 2 aromatic carbocycles. The lowest BCUT2D eigenvalue weighted by Gasteiger charge is -2.30. The molecule has 1 saturated heterocycles. The number of halogens is 2. The van der Waals surface area contributed by atoms with Crippen LogP contribution in [0.1, 0.15) is 35.7 Å². The number of alkyl halides is 2. The highest BCUT2D eigenvalue weighted by molar-refractivity contribution is 7.89. The number of sulfonamides is 1.